The van der Waals surface area contributed by atoms with Crippen molar-refractivity contribution in [3.8, 4) is 0 Å². The van der Waals surface area contributed by atoms with Gasteiger partial charge in [0.05, 0.1) is 25.1 Å². The van der Waals surface area contributed by atoms with Gasteiger partial charge in [-0.25, -0.2) is 12.7 Å². The van der Waals surface area contributed by atoms with E-state index in [0.717, 1.165) is 12.8 Å². The molecule has 1 aliphatic heterocycles. The topological polar surface area (TPSA) is 66.8 Å². The quantitative estimate of drug-likeness (QED) is 0.719. The fourth-order valence-electron chi connectivity index (χ4n) is 1.68. The van der Waals surface area contributed by atoms with Gasteiger partial charge in [0.25, 0.3) is 0 Å². The van der Waals surface area contributed by atoms with E-state index < -0.39 is 10.0 Å². The van der Waals surface area contributed by atoms with Crippen molar-refractivity contribution >= 4 is 10.0 Å². The van der Waals surface area contributed by atoms with Crippen LogP contribution in [0.4, 0.5) is 0 Å². The second-order valence-electron chi connectivity index (χ2n) is 3.59. The van der Waals surface area contributed by atoms with Crippen LogP contribution < -0.4 is 0 Å². The van der Waals surface area contributed by atoms with E-state index in [1.54, 1.807) is 6.92 Å². The van der Waals surface area contributed by atoms with E-state index >= 15 is 0 Å². The summed E-state index contributed by atoms with van der Waals surface area (Å²) in [6.45, 7) is 3.08. The molecule has 0 spiro atoms. The average Bonchev–Trinajstić information content (AvgIpc) is 2.27. The summed E-state index contributed by atoms with van der Waals surface area (Å²) in [6, 6.07) is 0. The number of piperidine rings is 1. The van der Waals surface area contributed by atoms with Gasteiger partial charge in [0, 0.05) is 13.1 Å². The molecule has 0 aromatic carbocycles. The van der Waals surface area contributed by atoms with Crippen molar-refractivity contribution in [2.45, 2.75) is 25.9 Å². The van der Waals surface area contributed by atoms with E-state index in [2.05, 4.69) is 0 Å². The number of aliphatic hydroxyl groups is 1. The van der Waals surface area contributed by atoms with E-state index in [1.807, 2.05) is 0 Å². The molecule has 5 nitrogen and oxygen atoms in total. The van der Waals surface area contributed by atoms with Gasteiger partial charge in [-0.15, -0.1) is 0 Å². The largest absolute Gasteiger partial charge is 0.394 e. The summed E-state index contributed by atoms with van der Waals surface area (Å²) in [5.41, 5.74) is 0. The van der Waals surface area contributed by atoms with E-state index in [4.69, 9.17) is 9.84 Å². The van der Waals surface area contributed by atoms with Gasteiger partial charge in [-0.2, -0.15) is 0 Å². The number of rotatable bonds is 5. The van der Waals surface area contributed by atoms with Crippen LogP contribution in [0.2, 0.25) is 0 Å². The monoisotopic (exact) mass is 237 g/mol. The number of nitrogens with zero attached hydrogens (tertiary/aromatic N) is 1. The van der Waals surface area contributed by atoms with Crippen LogP contribution in [0.5, 0.6) is 0 Å². The zero-order valence-electron chi connectivity index (χ0n) is 9.05. The smallest absolute Gasteiger partial charge is 0.213 e. The highest BCUT2D eigenvalue weighted by Crippen LogP contribution is 2.16. The summed E-state index contributed by atoms with van der Waals surface area (Å²) in [5.74, 6) is 0.162. The molecule has 6 heteroatoms. The summed E-state index contributed by atoms with van der Waals surface area (Å²) in [5, 5.41) is 8.58. The third-order valence-electron chi connectivity index (χ3n) is 2.60. The summed E-state index contributed by atoms with van der Waals surface area (Å²) in [4.78, 5) is 0. The van der Waals surface area contributed by atoms with Crippen LogP contribution >= 0.6 is 0 Å². The molecular weight excluding hydrogens is 218 g/mol. The number of sulfonamides is 1. The molecule has 1 rings (SSSR count). The Bertz CT molecular complexity index is 270. The normalized spacial score (nSPS) is 20.7. The second-order valence-corrected chi connectivity index (χ2v) is 5.85. The SMILES string of the molecule is CCS(=O)(=O)N1CCC(OCCO)CC1. The minimum Gasteiger partial charge on any atom is -0.394 e. The third kappa shape index (κ3) is 3.71. The lowest BCUT2D eigenvalue weighted by Crippen LogP contribution is -2.41. The lowest BCUT2D eigenvalue weighted by Gasteiger charge is -2.30. The van der Waals surface area contributed by atoms with Gasteiger partial charge in [0.2, 0.25) is 10.0 Å². The Balaban J connectivity index is 2.36. The maximum absolute atomic E-state index is 11.5. The van der Waals surface area contributed by atoms with Gasteiger partial charge < -0.3 is 9.84 Å². The molecule has 1 saturated heterocycles. The van der Waals surface area contributed by atoms with Gasteiger partial charge in [0.15, 0.2) is 0 Å². The highest BCUT2D eigenvalue weighted by Gasteiger charge is 2.26. The van der Waals surface area contributed by atoms with Crippen molar-refractivity contribution in [1.82, 2.24) is 4.31 Å². The summed E-state index contributed by atoms with van der Waals surface area (Å²) in [6.07, 6.45) is 1.54. The lowest BCUT2D eigenvalue weighted by molar-refractivity contribution is 0.00320. The van der Waals surface area contributed by atoms with Crippen molar-refractivity contribution in [2.75, 3.05) is 32.1 Å². The van der Waals surface area contributed by atoms with E-state index in [9.17, 15) is 8.42 Å². The van der Waals surface area contributed by atoms with Crippen molar-refractivity contribution in [3.05, 3.63) is 0 Å². The molecule has 1 heterocycles. The third-order valence-corrected chi connectivity index (χ3v) is 4.49. The van der Waals surface area contributed by atoms with Crippen LogP contribution in [0.3, 0.4) is 0 Å². The molecule has 0 radical (unpaired) electrons. The maximum atomic E-state index is 11.5. The Kier molecular flexibility index (Phi) is 4.98. The minimum atomic E-state index is -3.04. The Morgan fingerprint density at radius 3 is 2.47 bits per heavy atom. The van der Waals surface area contributed by atoms with Crippen molar-refractivity contribution < 1.29 is 18.3 Å². The number of hydrogen-bond donors (Lipinski definition) is 1. The Morgan fingerprint density at radius 2 is 2.00 bits per heavy atom. The molecule has 0 aromatic heterocycles. The van der Waals surface area contributed by atoms with Crippen LogP contribution in [-0.2, 0) is 14.8 Å². The zero-order valence-corrected chi connectivity index (χ0v) is 9.87. The average molecular weight is 237 g/mol. The highest BCUT2D eigenvalue weighted by molar-refractivity contribution is 7.89. The van der Waals surface area contributed by atoms with Gasteiger partial charge in [-0.3, -0.25) is 0 Å². The van der Waals surface area contributed by atoms with Gasteiger partial charge in [-0.05, 0) is 19.8 Å². The van der Waals surface area contributed by atoms with Crippen molar-refractivity contribution in [2.24, 2.45) is 0 Å². The number of ether oxygens (including phenoxy) is 1. The molecule has 0 aromatic rings. The first-order valence-corrected chi connectivity index (χ1v) is 6.91. The molecule has 90 valence electrons. The fraction of sp³-hybridized carbons (Fsp3) is 1.00. The molecule has 0 atom stereocenters. The molecule has 0 bridgehead atoms. The Hall–Kier alpha value is -0.170. The molecular formula is C9H19NO4S. The van der Waals surface area contributed by atoms with Crippen LogP contribution in [0.1, 0.15) is 19.8 Å². The predicted octanol–water partition coefficient (Wildman–Crippen LogP) is -0.191. The predicted molar refractivity (Wildman–Crippen MR) is 57.1 cm³/mol. The number of hydrogen-bond acceptors (Lipinski definition) is 4. The molecule has 0 amide bonds. The van der Waals surface area contributed by atoms with Crippen molar-refractivity contribution in [3.63, 3.8) is 0 Å². The van der Waals surface area contributed by atoms with Crippen LogP contribution in [0, 0.1) is 0 Å². The highest BCUT2D eigenvalue weighted by atomic mass is 32.2. The van der Waals surface area contributed by atoms with E-state index in [1.165, 1.54) is 4.31 Å². The van der Waals surface area contributed by atoms with Crippen LogP contribution in [0.25, 0.3) is 0 Å². The van der Waals surface area contributed by atoms with Crippen LogP contribution in [-0.4, -0.2) is 56.0 Å². The second kappa shape index (κ2) is 5.79. The van der Waals surface area contributed by atoms with Crippen molar-refractivity contribution in [1.29, 1.82) is 0 Å². The summed E-state index contributed by atoms with van der Waals surface area (Å²) >= 11 is 0. The molecule has 1 fully saturated rings. The molecule has 0 aliphatic carbocycles. The molecule has 1 N–H and O–H groups in total. The molecule has 0 saturated carbocycles. The minimum absolute atomic E-state index is 0.0213. The summed E-state index contributed by atoms with van der Waals surface area (Å²) in [7, 11) is -3.04. The Labute approximate surface area is 91.1 Å². The zero-order chi connectivity index (χ0) is 11.3. The first-order chi connectivity index (χ1) is 7.10. The molecule has 1 aliphatic rings. The lowest BCUT2D eigenvalue weighted by atomic mass is 10.1. The fourth-order valence-corrected chi connectivity index (χ4v) is 2.81. The molecule has 15 heavy (non-hydrogen) atoms. The number of aliphatic hydroxyl groups excluding tert-OH is 1. The van der Waals surface area contributed by atoms with Gasteiger partial charge >= 0.3 is 0 Å². The van der Waals surface area contributed by atoms with Gasteiger partial charge in [-0.1, -0.05) is 0 Å². The summed E-state index contributed by atoms with van der Waals surface area (Å²) < 4.78 is 29.9. The molecule has 0 unspecified atom stereocenters. The van der Waals surface area contributed by atoms with Gasteiger partial charge in [0.1, 0.15) is 0 Å². The maximum Gasteiger partial charge on any atom is 0.213 e. The van der Waals surface area contributed by atoms with E-state index in [-0.39, 0.29) is 18.5 Å². The first-order valence-electron chi connectivity index (χ1n) is 5.30. The van der Waals surface area contributed by atoms with Crippen LogP contribution in [0.15, 0.2) is 0 Å². The van der Waals surface area contributed by atoms with E-state index in [0.29, 0.717) is 19.7 Å². The standard InChI is InChI=1S/C9H19NO4S/c1-2-15(12,13)10-5-3-9(4-6-10)14-8-7-11/h9,11H,2-8H2,1H3. The Morgan fingerprint density at radius 1 is 1.40 bits per heavy atom. The first kappa shape index (κ1) is 12.9.